The number of hydrogen-bond donors (Lipinski definition) is 1. The van der Waals surface area contributed by atoms with Gasteiger partial charge in [0.1, 0.15) is 11.6 Å². The van der Waals surface area contributed by atoms with Crippen LogP contribution in [0, 0.1) is 11.6 Å². The van der Waals surface area contributed by atoms with Crippen molar-refractivity contribution in [2.75, 3.05) is 0 Å². The van der Waals surface area contributed by atoms with Crippen LogP contribution < -0.4 is 0 Å². The van der Waals surface area contributed by atoms with Crippen LogP contribution in [-0.2, 0) is 13.7 Å². The van der Waals surface area contributed by atoms with Gasteiger partial charge in [-0.15, -0.1) is 0 Å². The molecule has 0 amide bonds. The largest absolute Gasteiger partial charge is 0.391 e. The maximum Gasteiger partial charge on any atom is 0.132 e. The molecule has 1 heterocycles. The minimum atomic E-state index is -0.761. The first-order valence-electron chi connectivity index (χ1n) is 4.70. The lowest BCUT2D eigenvalue weighted by Crippen LogP contribution is -1.97. The standard InChI is InChI=1S/C11H10F2N2O/c1-15-3-2-11(14-15)7-4-9(12)8(6-16)10(13)5-7/h2-5,16H,6H2,1H3. The topological polar surface area (TPSA) is 38.0 Å². The SMILES string of the molecule is Cn1ccc(-c2cc(F)c(CO)c(F)c2)n1. The van der Waals surface area contributed by atoms with E-state index in [1.807, 2.05) is 0 Å². The third-order valence-electron chi connectivity index (χ3n) is 2.31. The van der Waals surface area contributed by atoms with E-state index in [1.165, 1.54) is 0 Å². The van der Waals surface area contributed by atoms with Gasteiger partial charge in [-0.2, -0.15) is 5.10 Å². The van der Waals surface area contributed by atoms with Crippen LogP contribution in [-0.4, -0.2) is 14.9 Å². The molecule has 5 heteroatoms. The highest BCUT2D eigenvalue weighted by molar-refractivity contribution is 5.59. The molecule has 2 rings (SSSR count). The Kier molecular flexibility index (Phi) is 2.70. The van der Waals surface area contributed by atoms with Gasteiger partial charge in [-0.3, -0.25) is 4.68 Å². The minimum absolute atomic E-state index is 0.320. The molecule has 0 saturated carbocycles. The molecule has 0 fully saturated rings. The van der Waals surface area contributed by atoms with Crippen LogP contribution in [0.1, 0.15) is 5.56 Å². The zero-order valence-corrected chi connectivity index (χ0v) is 8.61. The first-order chi connectivity index (χ1) is 7.61. The fourth-order valence-corrected chi connectivity index (χ4v) is 1.47. The third-order valence-corrected chi connectivity index (χ3v) is 2.31. The van der Waals surface area contributed by atoms with E-state index in [9.17, 15) is 8.78 Å². The number of aliphatic hydroxyl groups excluding tert-OH is 1. The monoisotopic (exact) mass is 224 g/mol. The lowest BCUT2D eigenvalue weighted by molar-refractivity contribution is 0.269. The first-order valence-corrected chi connectivity index (χ1v) is 4.70. The van der Waals surface area contributed by atoms with Gasteiger partial charge in [-0.25, -0.2) is 8.78 Å². The second-order valence-electron chi connectivity index (χ2n) is 3.45. The van der Waals surface area contributed by atoms with E-state index in [-0.39, 0.29) is 5.56 Å². The lowest BCUT2D eigenvalue weighted by atomic mass is 10.1. The molecule has 0 unspecified atom stereocenters. The average molecular weight is 224 g/mol. The van der Waals surface area contributed by atoms with Crippen molar-refractivity contribution in [3.8, 4) is 11.3 Å². The Balaban J connectivity index is 2.52. The highest BCUT2D eigenvalue weighted by Crippen LogP contribution is 2.22. The Morgan fingerprint density at radius 1 is 1.31 bits per heavy atom. The summed E-state index contributed by atoms with van der Waals surface area (Å²) in [4.78, 5) is 0. The van der Waals surface area contributed by atoms with Crippen LogP contribution in [0.5, 0.6) is 0 Å². The van der Waals surface area contributed by atoms with Crippen LogP contribution >= 0.6 is 0 Å². The molecule has 16 heavy (non-hydrogen) atoms. The Hall–Kier alpha value is -1.75. The first kappa shape index (κ1) is 10.8. The van der Waals surface area contributed by atoms with Gasteiger partial charge < -0.3 is 5.11 Å². The van der Waals surface area contributed by atoms with Crippen molar-refractivity contribution >= 4 is 0 Å². The molecule has 0 aliphatic rings. The number of benzene rings is 1. The summed E-state index contributed by atoms with van der Waals surface area (Å²) >= 11 is 0. The van der Waals surface area contributed by atoms with Gasteiger partial charge in [0.2, 0.25) is 0 Å². The summed E-state index contributed by atoms with van der Waals surface area (Å²) in [5.74, 6) is -1.52. The van der Waals surface area contributed by atoms with Gasteiger partial charge >= 0.3 is 0 Å². The summed E-state index contributed by atoms with van der Waals surface area (Å²) in [5.41, 5.74) is 0.525. The van der Waals surface area contributed by atoms with Crippen molar-refractivity contribution in [3.63, 3.8) is 0 Å². The second kappa shape index (κ2) is 4.02. The number of aryl methyl sites for hydroxylation is 1. The third kappa shape index (κ3) is 1.81. The van der Waals surface area contributed by atoms with Gasteiger partial charge in [0.25, 0.3) is 0 Å². The number of aromatic nitrogens is 2. The fraction of sp³-hybridized carbons (Fsp3) is 0.182. The van der Waals surface area contributed by atoms with E-state index < -0.39 is 18.2 Å². The zero-order valence-electron chi connectivity index (χ0n) is 8.61. The van der Waals surface area contributed by atoms with Crippen LogP contribution in [0.2, 0.25) is 0 Å². The normalized spacial score (nSPS) is 10.8. The molecule has 1 aromatic heterocycles. The van der Waals surface area contributed by atoms with Gasteiger partial charge in [0.15, 0.2) is 0 Å². The van der Waals surface area contributed by atoms with Crippen molar-refractivity contribution in [2.24, 2.45) is 7.05 Å². The molecular formula is C11H10F2N2O. The molecule has 0 aliphatic heterocycles. The van der Waals surface area contributed by atoms with Gasteiger partial charge in [0.05, 0.1) is 12.3 Å². The Morgan fingerprint density at radius 3 is 2.38 bits per heavy atom. The number of rotatable bonds is 2. The summed E-state index contributed by atoms with van der Waals surface area (Å²) in [6.07, 6.45) is 1.69. The molecule has 0 aliphatic carbocycles. The molecule has 0 bridgehead atoms. The highest BCUT2D eigenvalue weighted by atomic mass is 19.1. The quantitative estimate of drug-likeness (QED) is 0.845. The van der Waals surface area contributed by atoms with E-state index in [4.69, 9.17) is 5.11 Å². The number of nitrogens with zero attached hydrogens (tertiary/aromatic N) is 2. The number of hydrogen-bond acceptors (Lipinski definition) is 2. The maximum atomic E-state index is 13.4. The van der Waals surface area contributed by atoms with Crippen LogP contribution in [0.4, 0.5) is 8.78 Å². The Labute approximate surface area is 91.0 Å². The smallest absolute Gasteiger partial charge is 0.132 e. The van der Waals surface area contributed by atoms with Crippen molar-refractivity contribution in [1.29, 1.82) is 0 Å². The molecule has 1 N–H and O–H groups in total. The van der Waals surface area contributed by atoms with Gasteiger partial charge in [0, 0.05) is 24.4 Å². The molecular weight excluding hydrogens is 214 g/mol. The van der Waals surface area contributed by atoms with Crippen LogP contribution in [0.15, 0.2) is 24.4 Å². The molecule has 0 saturated heterocycles. The molecule has 2 aromatic rings. The number of halogens is 2. The van der Waals surface area contributed by atoms with Crippen molar-refractivity contribution in [2.45, 2.75) is 6.61 Å². The van der Waals surface area contributed by atoms with Crippen LogP contribution in [0.25, 0.3) is 11.3 Å². The van der Waals surface area contributed by atoms with E-state index >= 15 is 0 Å². The molecule has 84 valence electrons. The predicted octanol–water partition coefficient (Wildman–Crippen LogP) is 1.86. The second-order valence-corrected chi connectivity index (χ2v) is 3.45. The molecule has 0 atom stereocenters. The Morgan fingerprint density at radius 2 is 1.94 bits per heavy atom. The van der Waals surface area contributed by atoms with E-state index in [1.54, 1.807) is 24.0 Å². The summed E-state index contributed by atoms with van der Waals surface area (Å²) in [7, 11) is 1.72. The zero-order chi connectivity index (χ0) is 11.7. The molecule has 3 nitrogen and oxygen atoms in total. The highest BCUT2D eigenvalue weighted by Gasteiger charge is 2.12. The molecule has 1 aromatic carbocycles. The van der Waals surface area contributed by atoms with E-state index in [2.05, 4.69) is 5.10 Å². The Bertz CT molecular complexity index is 499. The summed E-state index contributed by atoms with van der Waals surface area (Å²) in [5, 5.41) is 12.8. The fourth-order valence-electron chi connectivity index (χ4n) is 1.47. The molecule has 0 spiro atoms. The lowest BCUT2D eigenvalue weighted by Gasteiger charge is -2.04. The van der Waals surface area contributed by atoms with Crippen molar-refractivity contribution in [1.82, 2.24) is 9.78 Å². The van der Waals surface area contributed by atoms with Gasteiger partial charge in [-0.1, -0.05) is 0 Å². The minimum Gasteiger partial charge on any atom is -0.391 e. The summed E-state index contributed by atoms with van der Waals surface area (Å²) in [6, 6.07) is 3.99. The van der Waals surface area contributed by atoms with Crippen molar-refractivity contribution < 1.29 is 13.9 Å². The summed E-state index contributed by atoms with van der Waals surface area (Å²) < 4.78 is 28.3. The maximum absolute atomic E-state index is 13.4. The van der Waals surface area contributed by atoms with E-state index in [0.29, 0.717) is 11.3 Å². The molecule has 0 radical (unpaired) electrons. The van der Waals surface area contributed by atoms with Gasteiger partial charge in [-0.05, 0) is 18.2 Å². The number of aliphatic hydroxyl groups is 1. The summed E-state index contributed by atoms with van der Waals surface area (Å²) in [6.45, 7) is -0.653. The van der Waals surface area contributed by atoms with E-state index in [0.717, 1.165) is 12.1 Å². The predicted molar refractivity (Wildman–Crippen MR) is 54.5 cm³/mol. The average Bonchev–Trinajstić information content (AvgIpc) is 2.64. The van der Waals surface area contributed by atoms with Crippen LogP contribution in [0.3, 0.4) is 0 Å². The van der Waals surface area contributed by atoms with Crippen molar-refractivity contribution in [3.05, 3.63) is 41.6 Å².